The summed E-state index contributed by atoms with van der Waals surface area (Å²) in [6.07, 6.45) is 0. The molecule has 2 rings (SSSR count). The number of nitrogens with zero attached hydrogens (tertiary/aromatic N) is 1. The van der Waals surface area contributed by atoms with E-state index in [1.807, 2.05) is 0 Å². The fourth-order valence-electron chi connectivity index (χ4n) is 1.70. The van der Waals surface area contributed by atoms with Gasteiger partial charge in [0.25, 0.3) is 5.91 Å². The van der Waals surface area contributed by atoms with Gasteiger partial charge in [-0.25, -0.2) is 9.82 Å². The summed E-state index contributed by atoms with van der Waals surface area (Å²) in [5.74, 6) is -1.21. The summed E-state index contributed by atoms with van der Waals surface area (Å²) in [4.78, 5) is 11.8. The van der Waals surface area contributed by atoms with Gasteiger partial charge in [-0.3, -0.25) is 4.79 Å². The van der Waals surface area contributed by atoms with E-state index in [2.05, 4.69) is 10.5 Å². The topological polar surface area (TPSA) is 81.9 Å². The monoisotopic (exact) mass is 288 g/mol. The molecule has 0 aliphatic carbocycles. The predicted octanol–water partition coefficient (Wildman–Crippen LogP) is 2.39. The molecule has 6 heteroatoms. The zero-order valence-electron chi connectivity index (χ0n) is 11.2. The molecule has 0 aliphatic heterocycles. The summed E-state index contributed by atoms with van der Waals surface area (Å²) in [6, 6.07) is 9.22. The normalized spacial score (nSPS) is 11.2. The largest absolute Gasteiger partial charge is 0.508 e. The van der Waals surface area contributed by atoms with Crippen LogP contribution in [0, 0.1) is 5.82 Å². The number of phenolic OH excluding ortho intramolecular Hbond substituents is 2. The Morgan fingerprint density at radius 2 is 1.95 bits per heavy atom. The first-order valence-electron chi connectivity index (χ1n) is 6.10. The molecule has 0 aliphatic rings. The number of phenols is 2. The van der Waals surface area contributed by atoms with Gasteiger partial charge >= 0.3 is 0 Å². The summed E-state index contributed by atoms with van der Waals surface area (Å²) >= 11 is 0. The molecule has 0 unspecified atom stereocenters. The summed E-state index contributed by atoms with van der Waals surface area (Å²) in [6.45, 7) is 1.53. The van der Waals surface area contributed by atoms with Gasteiger partial charge in [0.1, 0.15) is 17.3 Å². The van der Waals surface area contributed by atoms with Gasteiger partial charge in [-0.2, -0.15) is 5.10 Å². The Morgan fingerprint density at radius 1 is 1.19 bits per heavy atom. The van der Waals surface area contributed by atoms with Gasteiger partial charge in [0.2, 0.25) is 0 Å². The Hall–Kier alpha value is -2.89. The Bertz CT molecular complexity index is 714. The van der Waals surface area contributed by atoms with Gasteiger partial charge < -0.3 is 10.2 Å². The maximum absolute atomic E-state index is 13.1. The van der Waals surface area contributed by atoms with Crippen LogP contribution in [-0.4, -0.2) is 21.8 Å². The molecule has 108 valence electrons. The molecular formula is C15H13FN2O3. The van der Waals surface area contributed by atoms with Gasteiger partial charge in [0, 0.05) is 11.1 Å². The van der Waals surface area contributed by atoms with Gasteiger partial charge in [0.05, 0.1) is 5.71 Å². The summed E-state index contributed by atoms with van der Waals surface area (Å²) < 4.78 is 13.1. The van der Waals surface area contributed by atoms with Crippen molar-refractivity contribution in [2.24, 2.45) is 5.10 Å². The molecular weight excluding hydrogens is 275 g/mol. The molecule has 0 bridgehead atoms. The zero-order chi connectivity index (χ0) is 15.4. The lowest BCUT2D eigenvalue weighted by atomic mass is 10.1. The molecule has 21 heavy (non-hydrogen) atoms. The second-order valence-corrected chi connectivity index (χ2v) is 4.35. The highest BCUT2D eigenvalue weighted by Crippen LogP contribution is 2.18. The maximum atomic E-state index is 13.1. The van der Waals surface area contributed by atoms with Crippen molar-refractivity contribution < 1.29 is 19.4 Å². The number of hydrogen-bond acceptors (Lipinski definition) is 4. The lowest BCUT2D eigenvalue weighted by molar-refractivity contribution is 0.0954. The van der Waals surface area contributed by atoms with Crippen LogP contribution in [0.4, 0.5) is 4.39 Å². The molecule has 0 aromatic heterocycles. The number of rotatable bonds is 3. The van der Waals surface area contributed by atoms with Gasteiger partial charge in [-0.1, -0.05) is 6.07 Å². The molecule has 1 amide bonds. The maximum Gasteiger partial charge on any atom is 0.271 e. The first-order valence-corrected chi connectivity index (χ1v) is 6.10. The molecule has 0 saturated heterocycles. The fraction of sp³-hybridized carbons (Fsp3) is 0.0667. The van der Waals surface area contributed by atoms with Crippen LogP contribution in [0.2, 0.25) is 0 Å². The third-order valence-corrected chi connectivity index (χ3v) is 2.78. The van der Waals surface area contributed by atoms with Crippen molar-refractivity contribution in [1.82, 2.24) is 5.43 Å². The van der Waals surface area contributed by atoms with E-state index in [4.69, 9.17) is 0 Å². The minimum atomic E-state index is -0.527. The quantitative estimate of drug-likeness (QED) is 0.599. The van der Waals surface area contributed by atoms with Crippen molar-refractivity contribution in [2.75, 3.05) is 0 Å². The van der Waals surface area contributed by atoms with Crippen LogP contribution in [0.1, 0.15) is 22.8 Å². The molecule has 2 aromatic rings. The molecule has 0 spiro atoms. The third kappa shape index (κ3) is 3.56. The fourth-order valence-corrected chi connectivity index (χ4v) is 1.70. The van der Waals surface area contributed by atoms with Crippen LogP contribution in [0.5, 0.6) is 11.5 Å². The highest BCUT2D eigenvalue weighted by molar-refractivity contribution is 6.02. The van der Waals surface area contributed by atoms with Crippen LogP contribution in [0.3, 0.4) is 0 Å². The van der Waals surface area contributed by atoms with Crippen LogP contribution < -0.4 is 5.43 Å². The Labute approximate surface area is 120 Å². The number of carbonyl (C=O) groups is 1. The van der Waals surface area contributed by atoms with Gasteiger partial charge in [-0.15, -0.1) is 0 Å². The van der Waals surface area contributed by atoms with Crippen LogP contribution in [0.25, 0.3) is 0 Å². The number of nitrogens with one attached hydrogen (secondary N) is 1. The minimum absolute atomic E-state index is 0.0360. The van der Waals surface area contributed by atoms with E-state index in [0.29, 0.717) is 0 Å². The average molecular weight is 288 g/mol. The minimum Gasteiger partial charge on any atom is -0.508 e. The van der Waals surface area contributed by atoms with E-state index >= 15 is 0 Å². The average Bonchev–Trinajstić information content (AvgIpc) is 2.47. The first kappa shape index (κ1) is 14.5. The molecule has 0 radical (unpaired) electrons. The van der Waals surface area contributed by atoms with E-state index in [1.54, 1.807) is 0 Å². The summed E-state index contributed by atoms with van der Waals surface area (Å²) in [5.41, 5.74) is 2.94. The second-order valence-electron chi connectivity index (χ2n) is 4.35. The zero-order valence-corrected chi connectivity index (χ0v) is 11.2. The number of aromatic hydroxyl groups is 2. The summed E-state index contributed by atoms with van der Waals surface area (Å²) in [5, 5.41) is 22.7. The molecule has 5 nitrogen and oxygen atoms in total. The van der Waals surface area contributed by atoms with E-state index in [-0.39, 0.29) is 28.3 Å². The molecule has 0 heterocycles. The highest BCUT2D eigenvalue weighted by atomic mass is 19.1. The summed E-state index contributed by atoms with van der Waals surface area (Å²) in [7, 11) is 0. The van der Waals surface area contributed by atoms with Crippen molar-refractivity contribution in [2.45, 2.75) is 6.92 Å². The standard InChI is InChI=1S/C15H13FN2O3/c1-9(13-8-11(16)5-6-14(13)20)17-18-15(21)10-3-2-4-12(19)7-10/h2-8,19-20H,1H3,(H,18,21)/b17-9+. The van der Waals surface area contributed by atoms with E-state index in [0.717, 1.165) is 12.1 Å². The lowest BCUT2D eigenvalue weighted by Gasteiger charge is -2.05. The van der Waals surface area contributed by atoms with Crippen LogP contribution in [0.15, 0.2) is 47.6 Å². The van der Waals surface area contributed by atoms with E-state index in [9.17, 15) is 19.4 Å². The highest BCUT2D eigenvalue weighted by Gasteiger charge is 2.08. The molecule has 0 fully saturated rings. The molecule has 0 atom stereocenters. The first-order chi connectivity index (χ1) is 9.97. The van der Waals surface area contributed by atoms with Crippen molar-refractivity contribution in [3.63, 3.8) is 0 Å². The Balaban J connectivity index is 2.17. The van der Waals surface area contributed by atoms with Crippen LogP contribution in [-0.2, 0) is 0 Å². The number of halogens is 1. The molecule has 2 aromatic carbocycles. The Morgan fingerprint density at radius 3 is 2.67 bits per heavy atom. The number of benzene rings is 2. The van der Waals surface area contributed by atoms with Gasteiger partial charge in [0.15, 0.2) is 0 Å². The third-order valence-electron chi connectivity index (χ3n) is 2.78. The smallest absolute Gasteiger partial charge is 0.271 e. The molecule has 0 saturated carbocycles. The van der Waals surface area contributed by atoms with Crippen LogP contribution >= 0.6 is 0 Å². The number of hydrazone groups is 1. The van der Waals surface area contributed by atoms with Crippen molar-refractivity contribution in [1.29, 1.82) is 0 Å². The number of amides is 1. The van der Waals surface area contributed by atoms with Crippen molar-refractivity contribution >= 4 is 11.6 Å². The number of hydrogen-bond donors (Lipinski definition) is 3. The van der Waals surface area contributed by atoms with E-state index < -0.39 is 11.7 Å². The van der Waals surface area contributed by atoms with Crippen molar-refractivity contribution in [3.8, 4) is 11.5 Å². The van der Waals surface area contributed by atoms with E-state index in [1.165, 1.54) is 37.3 Å². The second kappa shape index (κ2) is 6.04. The number of carbonyl (C=O) groups excluding carboxylic acids is 1. The SMILES string of the molecule is C/C(=N\NC(=O)c1cccc(O)c1)c1cc(F)ccc1O. The molecule has 3 N–H and O–H groups in total. The van der Waals surface area contributed by atoms with Crippen molar-refractivity contribution in [3.05, 3.63) is 59.4 Å². The lowest BCUT2D eigenvalue weighted by Crippen LogP contribution is -2.19. The Kier molecular flexibility index (Phi) is 4.18. The predicted molar refractivity (Wildman–Crippen MR) is 75.8 cm³/mol. The van der Waals surface area contributed by atoms with Gasteiger partial charge in [-0.05, 0) is 43.3 Å².